The lowest BCUT2D eigenvalue weighted by atomic mass is 10.2. The third-order valence-electron chi connectivity index (χ3n) is 2.52. The Kier molecular flexibility index (Phi) is 3.01. The van der Waals surface area contributed by atoms with E-state index in [1.54, 1.807) is 24.9 Å². The first-order valence-corrected chi connectivity index (χ1v) is 5.34. The summed E-state index contributed by atoms with van der Waals surface area (Å²) in [6, 6.07) is 3.82. The number of nitrogens with one attached hydrogen (secondary N) is 1. The smallest absolute Gasteiger partial charge is 0.259 e. The molecule has 1 amide bonds. The number of anilines is 2. The maximum absolute atomic E-state index is 12.9. The molecule has 2 rings (SSSR count). The van der Waals surface area contributed by atoms with Gasteiger partial charge in [-0.2, -0.15) is 5.10 Å². The fraction of sp³-hybridized carbons (Fsp3) is 0.167. The molecule has 2 aromatic rings. The Bertz CT molecular complexity index is 606. The van der Waals surface area contributed by atoms with Crippen molar-refractivity contribution < 1.29 is 9.18 Å². The molecule has 3 N–H and O–H groups in total. The van der Waals surface area contributed by atoms with Gasteiger partial charge in [0, 0.05) is 13.2 Å². The van der Waals surface area contributed by atoms with Crippen molar-refractivity contribution in [1.82, 2.24) is 9.78 Å². The van der Waals surface area contributed by atoms with E-state index in [0.29, 0.717) is 16.9 Å². The molecule has 5 nitrogen and oxygen atoms in total. The minimum Gasteiger partial charge on any atom is -0.397 e. The SMILES string of the molecule is Cc1nn(C)cc1C(=O)Nc1ccc(F)cc1N. The first-order chi connectivity index (χ1) is 8.47. The fourth-order valence-corrected chi connectivity index (χ4v) is 1.66. The first-order valence-electron chi connectivity index (χ1n) is 5.34. The highest BCUT2D eigenvalue weighted by molar-refractivity contribution is 6.06. The second-order valence-electron chi connectivity index (χ2n) is 3.99. The highest BCUT2D eigenvalue weighted by Gasteiger charge is 2.13. The lowest BCUT2D eigenvalue weighted by molar-refractivity contribution is 0.102. The molecular weight excluding hydrogens is 235 g/mol. The molecule has 0 unspecified atom stereocenters. The van der Waals surface area contributed by atoms with Gasteiger partial charge in [-0.1, -0.05) is 0 Å². The van der Waals surface area contributed by atoms with Crippen LogP contribution in [0, 0.1) is 12.7 Å². The van der Waals surface area contributed by atoms with Crippen molar-refractivity contribution in [3.8, 4) is 0 Å². The van der Waals surface area contributed by atoms with Gasteiger partial charge in [0.05, 0.1) is 22.6 Å². The summed E-state index contributed by atoms with van der Waals surface area (Å²) in [7, 11) is 1.73. The van der Waals surface area contributed by atoms with Crippen LogP contribution < -0.4 is 11.1 Å². The highest BCUT2D eigenvalue weighted by Crippen LogP contribution is 2.20. The number of aryl methyl sites for hydroxylation is 2. The molecule has 0 saturated carbocycles. The number of rotatable bonds is 2. The summed E-state index contributed by atoms with van der Waals surface area (Å²) < 4.78 is 14.4. The molecule has 0 radical (unpaired) electrons. The normalized spacial score (nSPS) is 10.4. The molecule has 94 valence electrons. The Morgan fingerprint density at radius 1 is 1.50 bits per heavy atom. The van der Waals surface area contributed by atoms with Crippen LogP contribution in [-0.2, 0) is 7.05 Å². The molecule has 1 aromatic heterocycles. The van der Waals surface area contributed by atoms with Crippen LogP contribution in [-0.4, -0.2) is 15.7 Å². The van der Waals surface area contributed by atoms with E-state index in [2.05, 4.69) is 10.4 Å². The van der Waals surface area contributed by atoms with Crippen LogP contribution in [0.2, 0.25) is 0 Å². The predicted octanol–water partition coefficient (Wildman–Crippen LogP) is 1.70. The summed E-state index contributed by atoms with van der Waals surface area (Å²) in [5.74, 6) is -0.762. The van der Waals surface area contributed by atoms with Gasteiger partial charge in [0.1, 0.15) is 5.82 Å². The number of halogens is 1. The molecule has 0 bridgehead atoms. The number of nitrogen functional groups attached to an aromatic ring is 1. The summed E-state index contributed by atoms with van der Waals surface area (Å²) in [6.45, 7) is 1.74. The van der Waals surface area contributed by atoms with Gasteiger partial charge in [-0.25, -0.2) is 4.39 Å². The minimum atomic E-state index is -0.442. The number of nitrogens with two attached hydrogens (primary N) is 1. The van der Waals surface area contributed by atoms with E-state index < -0.39 is 5.82 Å². The van der Waals surface area contributed by atoms with E-state index in [1.165, 1.54) is 12.1 Å². The van der Waals surface area contributed by atoms with Crippen molar-refractivity contribution in [2.75, 3.05) is 11.1 Å². The summed E-state index contributed by atoms with van der Waals surface area (Å²) in [5, 5.41) is 6.70. The molecule has 0 aliphatic carbocycles. The van der Waals surface area contributed by atoms with Crippen LogP contribution >= 0.6 is 0 Å². The van der Waals surface area contributed by atoms with Crippen molar-refractivity contribution in [1.29, 1.82) is 0 Å². The van der Waals surface area contributed by atoms with Crippen molar-refractivity contribution in [3.05, 3.63) is 41.5 Å². The van der Waals surface area contributed by atoms with E-state index in [0.717, 1.165) is 6.07 Å². The molecule has 0 aliphatic heterocycles. The maximum Gasteiger partial charge on any atom is 0.259 e. The zero-order valence-corrected chi connectivity index (χ0v) is 10.1. The van der Waals surface area contributed by atoms with Gasteiger partial charge in [-0.15, -0.1) is 0 Å². The quantitative estimate of drug-likeness (QED) is 0.794. The first kappa shape index (κ1) is 12.1. The average Bonchev–Trinajstić information content (AvgIpc) is 2.62. The predicted molar refractivity (Wildman–Crippen MR) is 66.7 cm³/mol. The van der Waals surface area contributed by atoms with Crippen LogP contribution in [0.25, 0.3) is 0 Å². The monoisotopic (exact) mass is 248 g/mol. The molecule has 0 aliphatic rings. The number of nitrogens with zero attached hydrogens (tertiary/aromatic N) is 2. The molecule has 1 aromatic carbocycles. The topological polar surface area (TPSA) is 72.9 Å². The Labute approximate surface area is 103 Å². The number of benzene rings is 1. The second kappa shape index (κ2) is 4.48. The lowest BCUT2D eigenvalue weighted by Crippen LogP contribution is -2.13. The van der Waals surface area contributed by atoms with Crippen molar-refractivity contribution in [2.24, 2.45) is 7.05 Å². The Balaban J connectivity index is 2.24. The number of hydrogen-bond donors (Lipinski definition) is 2. The Hall–Kier alpha value is -2.37. The van der Waals surface area contributed by atoms with Gasteiger partial charge in [-0.05, 0) is 25.1 Å². The molecule has 0 fully saturated rings. The average molecular weight is 248 g/mol. The van der Waals surface area contributed by atoms with Crippen LogP contribution in [0.4, 0.5) is 15.8 Å². The molecular formula is C12H13FN4O. The van der Waals surface area contributed by atoms with Crippen LogP contribution in [0.15, 0.2) is 24.4 Å². The summed E-state index contributed by atoms with van der Waals surface area (Å²) in [6.07, 6.45) is 1.62. The zero-order valence-electron chi connectivity index (χ0n) is 10.1. The zero-order chi connectivity index (χ0) is 13.3. The number of hydrogen-bond acceptors (Lipinski definition) is 3. The summed E-state index contributed by atoms with van der Waals surface area (Å²) in [5.41, 5.74) is 7.26. The Morgan fingerprint density at radius 2 is 2.22 bits per heavy atom. The molecule has 0 spiro atoms. The third kappa shape index (κ3) is 2.32. The fourth-order valence-electron chi connectivity index (χ4n) is 1.66. The third-order valence-corrected chi connectivity index (χ3v) is 2.52. The van der Waals surface area contributed by atoms with Crippen molar-refractivity contribution in [3.63, 3.8) is 0 Å². The lowest BCUT2D eigenvalue weighted by Gasteiger charge is -2.07. The number of aromatic nitrogens is 2. The van der Waals surface area contributed by atoms with Crippen molar-refractivity contribution in [2.45, 2.75) is 6.92 Å². The number of carbonyl (C=O) groups is 1. The van der Waals surface area contributed by atoms with Gasteiger partial charge in [0.15, 0.2) is 0 Å². The van der Waals surface area contributed by atoms with E-state index in [1.807, 2.05) is 0 Å². The molecule has 0 atom stereocenters. The van der Waals surface area contributed by atoms with Gasteiger partial charge in [0.2, 0.25) is 0 Å². The van der Waals surface area contributed by atoms with Crippen LogP contribution in [0.1, 0.15) is 16.1 Å². The summed E-state index contributed by atoms with van der Waals surface area (Å²) >= 11 is 0. The van der Waals surface area contributed by atoms with Gasteiger partial charge in [-0.3, -0.25) is 9.48 Å². The van der Waals surface area contributed by atoms with Gasteiger partial charge in [0.25, 0.3) is 5.91 Å². The summed E-state index contributed by atoms with van der Waals surface area (Å²) in [4.78, 5) is 12.0. The van der Waals surface area contributed by atoms with Crippen LogP contribution in [0.3, 0.4) is 0 Å². The highest BCUT2D eigenvalue weighted by atomic mass is 19.1. The maximum atomic E-state index is 12.9. The molecule has 18 heavy (non-hydrogen) atoms. The van der Waals surface area contributed by atoms with Crippen LogP contribution in [0.5, 0.6) is 0 Å². The van der Waals surface area contributed by atoms with E-state index in [4.69, 9.17) is 5.73 Å². The molecule has 0 saturated heterocycles. The minimum absolute atomic E-state index is 0.185. The number of amides is 1. The number of carbonyl (C=O) groups excluding carboxylic acids is 1. The van der Waals surface area contributed by atoms with E-state index >= 15 is 0 Å². The Morgan fingerprint density at radius 3 is 2.78 bits per heavy atom. The second-order valence-corrected chi connectivity index (χ2v) is 3.99. The van der Waals surface area contributed by atoms with Gasteiger partial charge >= 0.3 is 0 Å². The van der Waals surface area contributed by atoms with E-state index in [9.17, 15) is 9.18 Å². The van der Waals surface area contributed by atoms with Crippen molar-refractivity contribution >= 4 is 17.3 Å². The van der Waals surface area contributed by atoms with E-state index in [-0.39, 0.29) is 11.6 Å². The standard InChI is InChI=1S/C12H13FN4O/c1-7-9(6-17(2)16-7)12(18)15-11-4-3-8(13)5-10(11)14/h3-6H,14H2,1-2H3,(H,15,18). The molecule has 1 heterocycles. The van der Waals surface area contributed by atoms with Gasteiger partial charge < -0.3 is 11.1 Å². The molecule has 6 heteroatoms. The largest absolute Gasteiger partial charge is 0.397 e.